The second-order valence-electron chi connectivity index (χ2n) is 3.88. The topological polar surface area (TPSA) is 37.8 Å². The van der Waals surface area contributed by atoms with Gasteiger partial charge in [-0.05, 0) is 24.6 Å². The summed E-state index contributed by atoms with van der Waals surface area (Å²) in [7, 11) is 0. The molecule has 0 fully saturated rings. The molecule has 0 amide bonds. The highest BCUT2D eigenvalue weighted by Crippen LogP contribution is 2.19. The lowest BCUT2D eigenvalue weighted by Crippen LogP contribution is -2.23. The van der Waals surface area contributed by atoms with Gasteiger partial charge in [-0.1, -0.05) is 13.0 Å². The van der Waals surface area contributed by atoms with Gasteiger partial charge in [0, 0.05) is 6.07 Å². The van der Waals surface area contributed by atoms with E-state index in [1.807, 2.05) is 6.92 Å². The van der Waals surface area contributed by atoms with Gasteiger partial charge in [-0.25, -0.2) is 8.78 Å². The van der Waals surface area contributed by atoms with Gasteiger partial charge in [-0.15, -0.1) is 0 Å². The highest BCUT2D eigenvalue weighted by atomic mass is 32.1. The van der Waals surface area contributed by atoms with Gasteiger partial charge in [0.15, 0.2) is 0 Å². The van der Waals surface area contributed by atoms with Gasteiger partial charge in [-0.2, -0.15) is 8.75 Å². The van der Waals surface area contributed by atoms with Gasteiger partial charge in [-0.3, -0.25) is 0 Å². The average Bonchev–Trinajstić information content (AvgIpc) is 2.85. The van der Waals surface area contributed by atoms with Crippen LogP contribution < -0.4 is 5.32 Å². The van der Waals surface area contributed by atoms with Crippen LogP contribution in [0.4, 0.5) is 8.78 Å². The number of benzene rings is 1. The Hall–Kier alpha value is -1.40. The molecule has 0 saturated carbocycles. The largest absolute Gasteiger partial charge is 0.309 e. The van der Waals surface area contributed by atoms with E-state index in [2.05, 4.69) is 14.1 Å². The number of halogens is 2. The molecule has 2 rings (SSSR count). The number of aromatic nitrogens is 2. The normalized spacial score (nSPS) is 12.6. The van der Waals surface area contributed by atoms with E-state index in [9.17, 15) is 8.78 Å². The predicted molar refractivity (Wildman–Crippen MR) is 66.4 cm³/mol. The van der Waals surface area contributed by atoms with Gasteiger partial charge in [0.2, 0.25) is 0 Å². The fourth-order valence-electron chi connectivity index (χ4n) is 1.76. The molecule has 1 N–H and O–H groups in total. The molecule has 0 aliphatic carbocycles. The van der Waals surface area contributed by atoms with Crippen molar-refractivity contribution >= 4 is 11.7 Å². The fraction of sp³-hybridized carbons (Fsp3) is 0.333. The van der Waals surface area contributed by atoms with E-state index in [1.165, 1.54) is 12.1 Å². The van der Waals surface area contributed by atoms with E-state index in [0.29, 0.717) is 12.0 Å². The van der Waals surface area contributed by atoms with Crippen LogP contribution in [0.1, 0.15) is 24.2 Å². The Morgan fingerprint density at radius 3 is 2.83 bits per heavy atom. The SMILES string of the molecule is CCNC(Cc1ccc(F)cc1F)c1cnsn1. The Bertz CT molecular complexity index is 502. The Kier molecular flexibility index (Phi) is 4.33. The third-order valence-corrected chi connectivity index (χ3v) is 3.12. The average molecular weight is 269 g/mol. The molecule has 1 aromatic heterocycles. The van der Waals surface area contributed by atoms with Crippen molar-refractivity contribution in [3.05, 3.63) is 47.3 Å². The number of hydrogen-bond acceptors (Lipinski definition) is 4. The van der Waals surface area contributed by atoms with Crippen molar-refractivity contribution in [2.24, 2.45) is 0 Å². The molecule has 1 unspecified atom stereocenters. The summed E-state index contributed by atoms with van der Waals surface area (Å²) in [5, 5.41) is 3.22. The number of hydrogen-bond donors (Lipinski definition) is 1. The molecule has 0 aliphatic heterocycles. The minimum atomic E-state index is -0.563. The quantitative estimate of drug-likeness (QED) is 0.907. The zero-order valence-corrected chi connectivity index (χ0v) is 10.7. The number of likely N-dealkylation sites (N-methyl/N-ethyl adjacent to an activating group) is 1. The van der Waals surface area contributed by atoms with Crippen molar-refractivity contribution in [2.75, 3.05) is 6.54 Å². The molecule has 0 bridgehead atoms. The minimum absolute atomic E-state index is 0.103. The van der Waals surface area contributed by atoms with Crippen LogP contribution in [0.5, 0.6) is 0 Å². The molecule has 3 nitrogen and oxygen atoms in total. The van der Waals surface area contributed by atoms with Crippen molar-refractivity contribution in [3.63, 3.8) is 0 Å². The first-order valence-electron chi connectivity index (χ1n) is 5.65. The zero-order chi connectivity index (χ0) is 13.0. The summed E-state index contributed by atoms with van der Waals surface area (Å²) in [5.74, 6) is -1.09. The van der Waals surface area contributed by atoms with Crippen LogP contribution in [0.25, 0.3) is 0 Å². The second kappa shape index (κ2) is 5.97. The zero-order valence-electron chi connectivity index (χ0n) is 9.86. The molecule has 2 aromatic rings. The first kappa shape index (κ1) is 13.0. The molecule has 1 heterocycles. The van der Waals surface area contributed by atoms with Gasteiger partial charge < -0.3 is 5.32 Å². The summed E-state index contributed by atoms with van der Waals surface area (Å²) < 4.78 is 34.5. The smallest absolute Gasteiger partial charge is 0.129 e. The Morgan fingerprint density at radius 1 is 1.39 bits per heavy atom. The van der Waals surface area contributed by atoms with Crippen LogP contribution in [0.2, 0.25) is 0 Å². The van der Waals surface area contributed by atoms with Crippen molar-refractivity contribution in [2.45, 2.75) is 19.4 Å². The van der Waals surface area contributed by atoms with Crippen LogP contribution in [0.15, 0.2) is 24.4 Å². The molecule has 6 heteroatoms. The van der Waals surface area contributed by atoms with Crippen molar-refractivity contribution in [1.82, 2.24) is 14.1 Å². The third-order valence-electron chi connectivity index (χ3n) is 2.63. The molecule has 96 valence electrons. The van der Waals surface area contributed by atoms with Crippen LogP contribution in [-0.4, -0.2) is 15.3 Å². The fourth-order valence-corrected chi connectivity index (χ4v) is 2.23. The Morgan fingerprint density at radius 2 is 2.22 bits per heavy atom. The minimum Gasteiger partial charge on any atom is -0.309 e. The predicted octanol–water partition coefficient (Wildman–Crippen LogP) is 2.71. The lowest BCUT2D eigenvalue weighted by molar-refractivity contribution is 0.515. The lowest BCUT2D eigenvalue weighted by Gasteiger charge is -2.15. The lowest BCUT2D eigenvalue weighted by atomic mass is 10.0. The van der Waals surface area contributed by atoms with E-state index in [4.69, 9.17) is 0 Å². The van der Waals surface area contributed by atoms with Gasteiger partial charge >= 0.3 is 0 Å². The van der Waals surface area contributed by atoms with Gasteiger partial charge in [0.25, 0.3) is 0 Å². The van der Waals surface area contributed by atoms with E-state index in [1.54, 1.807) is 6.20 Å². The maximum absolute atomic E-state index is 13.6. The number of nitrogens with one attached hydrogen (secondary N) is 1. The van der Waals surface area contributed by atoms with Crippen molar-refractivity contribution in [1.29, 1.82) is 0 Å². The summed E-state index contributed by atoms with van der Waals surface area (Å²) in [5.41, 5.74) is 1.25. The molecular formula is C12H13F2N3S. The molecule has 0 radical (unpaired) electrons. The summed E-state index contributed by atoms with van der Waals surface area (Å²) in [4.78, 5) is 0. The molecule has 1 atom stereocenters. The van der Waals surface area contributed by atoms with Crippen LogP contribution in [0.3, 0.4) is 0 Å². The van der Waals surface area contributed by atoms with Gasteiger partial charge in [0.05, 0.1) is 29.7 Å². The molecule has 1 aromatic carbocycles. The van der Waals surface area contributed by atoms with Crippen LogP contribution in [0, 0.1) is 11.6 Å². The Balaban J connectivity index is 2.18. The van der Waals surface area contributed by atoms with E-state index >= 15 is 0 Å². The highest BCUT2D eigenvalue weighted by molar-refractivity contribution is 6.99. The van der Waals surface area contributed by atoms with Crippen LogP contribution >= 0.6 is 11.7 Å². The molecule has 18 heavy (non-hydrogen) atoms. The standard InChI is InChI=1S/C12H13F2N3S/c1-2-15-11(12-7-16-18-17-12)5-8-3-4-9(13)6-10(8)14/h3-4,6-7,11,15H,2,5H2,1H3. The summed E-state index contributed by atoms with van der Waals surface area (Å²) in [6, 6.07) is 3.53. The second-order valence-corrected chi connectivity index (χ2v) is 4.44. The highest BCUT2D eigenvalue weighted by Gasteiger charge is 2.16. The maximum atomic E-state index is 13.6. The first-order chi connectivity index (χ1) is 8.70. The van der Waals surface area contributed by atoms with E-state index < -0.39 is 11.6 Å². The van der Waals surface area contributed by atoms with Crippen molar-refractivity contribution in [3.8, 4) is 0 Å². The summed E-state index contributed by atoms with van der Waals surface area (Å²) in [6.07, 6.45) is 2.09. The monoisotopic (exact) mass is 269 g/mol. The molecule has 0 spiro atoms. The number of rotatable bonds is 5. The van der Waals surface area contributed by atoms with Crippen LogP contribution in [-0.2, 0) is 6.42 Å². The van der Waals surface area contributed by atoms with E-state index in [0.717, 1.165) is 30.0 Å². The molecule has 0 saturated heterocycles. The summed E-state index contributed by atoms with van der Waals surface area (Å²) >= 11 is 1.12. The third kappa shape index (κ3) is 3.08. The molecular weight excluding hydrogens is 256 g/mol. The molecule has 0 aliphatic rings. The first-order valence-corrected chi connectivity index (χ1v) is 6.38. The van der Waals surface area contributed by atoms with Crippen molar-refractivity contribution < 1.29 is 8.78 Å². The van der Waals surface area contributed by atoms with E-state index in [-0.39, 0.29) is 6.04 Å². The maximum Gasteiger partial charge on any atom is 0.129 e. The number of nitrogens with zero attached hydrogens (tertiary/aromatic N) is 2. The summed E-state index contributed by atoms with van der Waals surface area (Å²) in [6.45, 7) is 2.71. The van der Waals surface area contributed by atoms with Gasteiger partial charge in [0.1, 0.15) is 11.6 Å². The Labute approximate surface area is 108 Å².